The van der Waals surface area contributed by atoms with E-state index < -0.39 is 0 Å². The minimum Gasteiger partial charge on any atom is -0.458 e. The summed E-state index contributed by atoms with van der Waals surface area (Å²) in [6.07, 6.45) is 4.32. The monoisotopic (exact) mass is 224 g/mol. The fourth-order valence-corrected chi connectivity index (χ4v) is 2.75. The quantitative estimate of drug-likeness (QED) is 0.526. The molecule has 0 spiro atoms. The second-order valence-electron chi connectivity index (χ2n) is 4.84. The van der Waals surface area contributed by atoms with Crippen LogP contribution in [0, 0.1) is 11.3 Å². The van der Waals surface area contributed by atoms with Crippen molar-refractivity contribution >= 4 is 11.9 Å². The van der Waals surface area contributed by atoms with E-state index in [9.17, 15) is 9.59 Å². The van der Waals surface area contributed by atoms with Crippen molar-refractivity contribution in [1.29, 1.82) is 0 Å². The van der Waals surface area contributed by atoms with Gasteiger partial charge in [0.25, 0.3) is 0 Å². The average Bonchev–Trinajstić information content (AvgIpc) is 2.62. The normalized spacial score (nSPS) is 39.8. The van der Waals surface area contributed by atoms with Crippen LogP contribution in [0.1, 0.15) is 27.2 Å². The molecule has 0 aromatic rings. The van der Waals surface area contributed by atoms with Gasteiger partial charge in [0.2, 0.25) is 0 Å². The number of hydrogen-bond acceptors (Lipinski definition) is 4. The number of esters is 2. The molecular formula is C12H16O4. The molecule has 2 rings (SSSR count). The van der Waals surface area contributed by atoms with Crippen LogP contribution < -0.4 is 0 Å². The molecule has 4 unspecified atom stereocenters. The molecular weight excluding hydrogens is 208 g/mol. The van der Waals surface area contributed by atoms with Crippen molar-refractivity contribution in [2.75, 3.05) is 0 Å². The van der Waals surface area contributed by atoms with Gasteiger partial charge in [-0.2, -0.15) is 0 Å². The van der Waals surface area contributed by atoms with Crippen LogP contribution in [-0.4, -0.2) is 24.1 Å². The summed E-state index contributed by atoms with van der Waals surface area (Å²) < 4.78 is 10.6. The van der Waals surface area contributed by atoms with Crippen LogP contribution >= 0.6 is 0 Å². The maximum atomic E-state index is 11.1. The fourth-order valence-electron chi connectivity index (χ4n) is 2.75. The molecule has 0 N–H and O–H groups in total. The molecule has 88 valence electrons. The summed E-state index contributed by atoms with van der Waals surface area (Å²) in [5.74, 6) is -0.478. The van der Waals surface area contributed by atoms with Crippen molar-refractivity contribution in [3.05, 3.63) is 12.2 Å². The van der Waals surface area contributed by atoms with Gasteiger partial charge < -0.3 is 9.47 Å². The first-order chi connectivity index (χ1) is 7.42. The Labute approximate surface area is 94.6 Å². The minimum atomic E-state index is -0.344. The Bertz CT molecular complexity index is 360. The van der Waals surface area contributed by atoms with Crippen molar-refractivity contribution < 1.29 is 19.1 Å². The van der Waals surface area contributed by atoms with E-state index in [0.717, 1.165) is 6.42 Å². The maximum absolute atomic E-state index is 11.1. The van der Waals surface area contributed by atoms with E-state index in [-0.39, 0.29) is 35.5 Å². The van der Waals surface area contributed by atoms with Crippen LogP contribution in [-0.2, 0) is 19.1 Å². The van der Waals surface area contributed by atoms with E-state index >= 15 is 0 Å². The third kappa shape index (κ3) is 1.72. The van der Waals surface area contributed by atoms with Gasteiger partial charge >= 0.3 is 11.9 Å². The Hall–Kier alpha value is -1.32. The number of hydrogen-bond donors (Lipinski definition) is 0. The minimum absolute atomic E-state index is 0.179. The Morgan fingerprint density at radius 1 is 1.25 bits per heavy atom. The lowest BCUT2D eigenvalue weighted by atomic mass is 9.87. The standard InChI is InChI=1S/C12H16O4/c1-7(13)15-10-9-4-5-12(3,6-9)11(10)16-8(2)14/h4-5,9-11H,6H2,1-3H3. The van der Waals surface area contributed by atoms with E-state index in [1.54, 1.807) is 0 Å². The van der Waals surface area contributed by atoms with E-state index in [1.165, 1.54) is 13.8 Å². The highest BCUT2D eigenvalue weighted by molar-refractivity contribution is 5.68. The van der Waals surface area contributed by atoms with Crippen LogP contribution in [0.4, 0.5) is 0 Å². The van der Waals surface area contributed by atoms with Crippen molar-refractivity contribution in [3.63, 3.8) is 0 Å². The number of rotatable bonds is 2. The molecule has 0 aromatic heterocycles. The van der Waals surface area contributed by atoms with Crippen LogP contribution in [0.25, 0.3) is 0 Å². The first-order valence-corrected chi connectivity index (χ1v) is 5.46. The van der Waals surface area contributed by atoms with Gasteiger partial charge in [0.15, 0.2) is 0 Å². The van der Waals surface area contributed by atoms with Gasteiger partial charge in [-0.3, -0.25) is 9.59 Å². The van der Waals surface area contributed by atoms with E-state index in [4.69, 9.17) is 9.47 Å². The first-order valence-electron chi connectivity index (χ1n) is 5.46. The van der Waals surface area contributed by atoms with Crippen molar-refractivity contribution in [2.24, 2.45) is 11.3 Å². The van der Waals surface area contributed by atoms with E-state index in [2.05, 4.69) is 6.08 Å². The van der Waals surface area contributed by atoms with Crippen LogP contribution in [0.3, 0.4) is 0 Å². The topological polar surface area (TPSA) is 52.6 Å². The second-order valence-corrected chi connectivity index (χ2v) is 4.84. The number of fused-ring (bicyclic) bond motifs is 2. The molecule has 2 aliphatic rings. The third-order valence-electron chi connectivity index (χ3n) is 3.37. The highest BCUT2D eigenvalue weighted by Gasteiger charge is 2.56. The molecule has 0 aliphatic heterocycles. The van der Waals surface area contributed by atoms with Crippen molar-refractivity contribution in [2.45, 2.75) is 39.4 Å². The Kier molecular flexibility index (Phi) is 2.52. The molecule has 4 nitrogen and oxygen atoms in total. The third-order valence-corrected chi connectivity index (χ3v) is 3.37. The number of carbonyl (C=O) groups is 2. The predicted octanol–water partition coefficient (Wildman–Crippen LogP) is 1.45. The van der Waals surface area contributed by atoms with Gasteiger partial charge in [-0.15, -0.1) is 0 Å². The lowest BCUT2D eigenvalue weighted by Gasteiger charge is -2.32. The van der Waals surface area contributed by atoms with Crippen molar-refractivity contribution in [1.82, 2.24) is 0 Å². The first kappa shape index (κ1) is 11.2. The van der Waals surface area contributed by atoms with Gasteiger partial charge in [0, 0.05) is 25.2 Å². The molecule has 16 heavy (non-hydrogen) atoms. The van der Waals surface area contributed by atoms with Gasteiger partial charge in [-0.1, -0.05) is 19.1 Å². The number of carbonyl (C=O) groups excluding carboxylic acids is 2. The average molecular weight is 224 g/mol. The van der Waals surface area contributed by atoms with Crippen LogP contribution in [0.5, 0.6) is 0 Å². The summed E-state index contributed by atoms with van der Waals surface area (Å²) in [6, 6.07) is 0. The van der Waals surface area contributed by atoms with E-state index in [1.807, 2.05) is 13.0 Å². The van der Waals surface area contributed by atoms with Crippen LogP contribution in [0.15, 0.2) is 12.2 Å². The molecule has 0 amide bonds. The van der Waals surface area contributed by atoms with E-state index in [0.29, 0.717) is 0 Å². The molecule has 2 bridgehead atoms. The molecule has 1 fully saturated rings. The summed E-state index contributed by atoms with van der Waals surface area (Å²) in [5.41, 5.74) is -0.184. The second kappa shape index (κ2) is 3.61. The summed E-state index contributed by atoms with van der Waals surface area (Å²) in [6.45, 7) is 4.79. The van der Waals surface area contributed by atoms with Crippen molar-refractivity contribution in [3.8, 4) is 0 Å². The Morgan fingerprint density at radius 3 is 2.44 bits per heavy atom. The van der Waals surface area contributed by atoms with Gasteiger partial charge in [0.1, 0.15) is 12.2 Å². The lowest BCUT2D eigenvalue weighted by Crippen LogP contribution is -2.41. The molecule has 1 saturated carbocycles. The molecule has 4 atom stereocenters. The molecule has 0 aromatic carbocycles. The summed E-state index contributed by atoms with van der Waals surface area (Å²) in [7, 11) is 0. The van der Waals surface area contributed by atoms with Gasteiger partial charge in [0.05, 0.1) is 0 Å². The van der Waals surface area contributed by atoms with Gasteiger partial charge in [-0.25, -0.2) is 0 Å². The molecule has 0 heterocycles. The molecule has 4 heteroatoms. The summed E-state index contributed by atoms with van der Waals surface area (Å²) in [5, 5.41) is 0. The number of ether oxygens (including phenoxy) is 2. The highest BCUT2D eigenvalue weighted by Crippen LogP contribution is 2.51. The van der Waals surface area contributed by atoms with Crippen LogP contribution in [0.2, 0.25) is 0 Å². The Morgan fingerprint density at radius 2 is 1.88 bits per heavy atom. The highest BCUT2D eigenvalue weighted by atomic mass is 16.6. The SMILES string of the molecule is CC(=O)OC1C2C=CC(C)(C2)C1OC(C)=O. The molecule has 0 radical (unpaired) electrons. The predicted molar refractivity (Wildman–Crippen MR) is 56.5 cm³/mol. The maximum Gasteiger partial charge on any atom is 0.303 e. The fraction of sp³-hybridized carbons (Fsp3) is 0.667. The zero-order valence-corrected chi connectivity index (χ0v) is 9.73. The lowest BCUT2D eigenvalue weighted by molar-refractivity contribution is -0.169. The molecule has 0 saturated heterocycles. The largest absolute Gasteiger partial charge is 0.458 e. The zero-order valence-electron chi connectivity index (χ0n) is 9.73. The Balaban J connectivity index is 2.20. The summed E-state index contributed by atoms with van der Waals surface area (Å²) >= 11 is 0. The smallest absolute Gasteiger partial charge is 0.303 e. The van der Waals surface area contributed by atoms with Gasteiger partial charge in [-0.05, 0) is 6.42 Å². The molecule has 2 aliphatic carbocycles. The zero-order chi connectivity index (χ0) is 11.9. The summed E-state index contributed by atoms with van der Waals surface area (Å²) in [4.78, 5) is 22.1.